The summed E-state index contributed by atoms with van der Waals surface area (Å²) in [5.41, 5.74) is 0. The zero-order valence-electron chi connectivity index (χ0n) is 9.41. The molecule has 0 aromatic heterocycles. The second-order valence-corrected chi connectivity index (χ2v) is 5.91. The maximum absolute atomic E-state index is 13.3. The van der Waals surface area contributed by atoms with Crippen LogP contribution in [0.4, 0.5) is 8.78 Å². The third-order valence-corrected chi connectivity index (χ3v) is 3.87. The molecule has 0 heterocycles. The fourth-order valence-corrected chi connectivity index (χ4v) is 2.65. The Bertz CT molecular complexity index is 536. The summed E-state index contributed by atoms with van der Waals surface area (Å²) in [6.07, 6.45) is 0. The van der Waals surface area contributed by atoms with Gasteiger partial charge in [0.2, 0.25) is 0 Å². The van der Waals surface area contributed by atoms with Gasteiger partial charge in [-0.3, -0.25) is 4.79 Å². The molecule has 0 spiro atoms. The van der Waals surface area contributed by atoms with Crippen molar-refractivity contribution in [3.8, 4) is 0 Å². The number of carbonyl (C=O) groups excluding carboxylic acids is 1. The summed E-state index contributed by atoms with van der Waals surface area (Å²) in [5.74, 6) is -3.77. The van der Waals surface area contributed by atoms with E-state index in [1.54, 1.807) is 13.8 Å². The van der Waals surface area contributed by atoms with Gasteiger partial charge in [0.1, 0.15) is 22.3 Å². The van der Waals surface area contributed by atoms with E-state index in [1.807, 2.05) is 0 Å². The molecule has 6 heteroatoms. The van der Waals surface area contributed by atoms with Crippen molar-refractivity contribution < 1.29 is 22.0 Å². The van der Waals surface area contributed by atoms with Crippen LogP contribution in [-0.2, 0) is 14.6 Å². The zero-order chi connectivity index (χ0) is 13.2. The molecule has 17 heavy (non-hydrogen) atoms. The number of benzene rings is 1. The van der Waals surface area contributed by atoms with Gasteiger partial charge in [-0.05, 0) is 12.1 Å². The summed E-state index contributed by atoms with van der Waals surface area (Å²) in [7, 11) is -4.04. The molecule has 1 aromatic carbocycles. The fraction of sp³-hybridized carbons (Fsp3) is 0.364. The molecule has 0 saturated heterocycles. The summed E-state index contributed by atoms with van der Waals surface area (Å²) in [4.78, 5) is 10.7. The third-order valence-electron chi connectivity index (χ3n) is 2.21. The number of halogens is 2. The Morgan fingerprint density at radius 1 is 1.29 bits per heavy atom. The number of Topliss-reactive ketones (excluding diaryl/α,β-unsaturated/α-hetero) is 1. The van der Waals surface area contributed by atoms with Crippen LogP contribution in [0.3, 0.4) is 0 Å². The first kappa shape index (κ1) is 13.8. The second-order valence-electron chi connectivity index (χ2n) is 3.95. The van der Waals surface area contributed by atoms with E-state index >= 15 is 0 Å². The maximum atomic E-state index is 13.3. The van der Waals surface area contributed by atoms with Gasteiger partial charge in [-0.15, -0.1) is 0 Å². The van der Waals surface area contributed by atoms with Crippen molar-refractivity contribution in [2.24, 2.45) is 5.92 Å². The number of sulfone groups is 1. The molecule has 0 aliphatic carbocycles. The quantitative estimate of drug-likeness (QED) is 0.779. The number of rotatable bonds is 4. The molecule has 1 rings (SSSR count). The first-order valence-electron chi connectivity index (χ1n) is 4.94. The topological polar surface area (TPSA) is 51.2 Å². The van der Waals surface area contributed by atoms with Crippen LogP contribution >= 0.6 is 0 Å². The van der Waals surface area contributed by atoms with E-state index in [4.69, 9.17) is 0 Å². The fourth-order valence-electron chi connectivity index (χ4n) is 1.16. The number of carbonyl (C=O) groups is 1. The summed E-state index contributed by atoms with van der Waals surface area (Å²) in [5, 5.41) is 0. The largest absolute Gasteiger partial charge is 0.298 e. The van der Waals surface area contributed by atoms with Gasteiger partial charge in [0, 0.05) is 12.0 Å². The van der Waals surface area contributed by atoms with E-state index in [2.05, 4.69) is 0 Å². The first-order valence-corrected chi connectivity index (χ1v) is 6.60. The van der Waals surface area contributed by atoms with Crippen molar-refractivity contribution in [3.63, 3.8) is 0 Å². The van der Waals surface area contributed by atoms with Gasteiger partial charge in [0.25, 0.3) is 0 Å². The van der Waals surface area contributed by atoms with Gasteiger partial charge in [0.05, 0.1) is 0 Å². The minimum atomic E-state index is -4.04. The molecule has 0 aliphatic rings. The molecule has 0 amide bonds. The van der Waals surface area contributed by atoms with E-state index in [9.17, 15) is 22.0 Å². The average Bonchev–Trinajstić information content (AvgIpc) is 2.15. The molecule has 0 unspecified atom stereocenters. The van der Waals surface area contributed by atoms with Crippen LogP contribution in [0.25, 0.3) is 0 Å². The molecule has 0 radical (unpaired) electrons. The molecular formula is C11H12F2O3S. The lowest BCUT2D eigenvalue weighted by atomic mass is 10.1. The lowest BCUT2D eigenvalue weighted by Gasteiger charge is -2.07. The van der Waals surface area contributed by atoms with Crippen LogP contribution in [-0.4, -0.2) is 20.0 Å². The Hall–Kier alpha value is -1.30. The van der Waals surface area contributed by atoms with Gasteiger partial charge in [-0.2, -0.15) is 0 Å². The number of ketones is 1. The normalized spacial score (nSPS) is 11.8. The Labute approximate surface area is 98.4 Å². The standard InChI is InChI=1S/C11H12F2O3S/c1-7(2)10(14)6-17(15,16)11-4-3-8(12)5-9(11)13/h3-5,7H,6H2,1-2H3. The Morgan fingerprint density at radius 2 is 1.88 bits per heavy atom. The third kappa shape index (κ3) is 3.33. The smallest absolute Gasteiger partial charge is 0.188 e. The second kappa shape index (κ2) is 4.91. The van der Waals surface area contributed by atoms with E-state index in [1.165, 1.54) is 0 Å². The van der Waals surface area contributed by atoms with Crippen molar-refractivity contribution in [1.29, 1.82) is 0 Å². The molecule has 0 bridgehead atoms. The zero-order valence-corrected chi connectivity index (χ0v) is 10.2. The molecule has 0 saturated carbocycles. The van der Waals surface area contributed by atoms with Crippen LogP contribution in [0.1, 0.15) is 13.8 Å². The van der Waals surface area contributed by atoms with Crippen molar-refractivity contribution >= 4 is 15.6 Å². The van der Waals surface area contributed by atoms with Gasteiger partial charge in [0.15, 0.2) is 15.6 Å². The van der Waals surface area contributed by atoms with E-state index in [-0.39, 0.29) is 0 Å². The maximum Gasteiger partial charge on any atom is 0.188 e. The summed E-state index contributed by atoms with van der Waals surface area (Å²) < 4.78 is 49.3. The first-order chi connectivity index (χ1) is 7.74. The predicted octanol–water partition coefficient (Wildman–Crippen LogP) is 1.96. The van der Waals surface area contributed by atoms with E-state index < -0.39 is 43.8 Å². The SMILES string of the molecule is CC(C)C(=O)CS(=O)(=O)c1ccc(F)cc1F. The van der Waals surface area contributed by atoms with Crippen LogP contribution in [0.2, 0.25) is 0 Å². The predicted molar refractivity (Wildman–Crippen MR) is 58.3 cm³/mol. The monoisotopic (exact) mass is 262 g/mol. The Balaban J connectivity index is 3.10. The summed E-state index contributed by atoms with van der Waals surface area (Å²) in [6.45, 7) is 3.11. The highest BCUT2D eigenvalue weighted by Gasteiger charge is 2.24. The van der Waals surface area contributed by atoms with Crippen molar-refractivity contribution in [2.75, 3.05) is 5.75 Å². The van der Waals surface area contributed by atoms with Crippen molar-refractivity contribution in [1.82, 2.24) is 0 Å². The lowest BCUT2D eigenvalue weighted by molar-refractivity contribution is -0.119. The molecular weight excluding hydrogens is 250 g/mol. The minimum absolute atomic E-state index is 0.451. The van der Waals surface area contributed by atoms with Crippen LogP contribution in [0, 0.1) is 17.6 Å². The Kier molecular flexibility index (Phi) is 3.98. The minimum Gasteiger partial charge on any atom is -0.298 e. The van der Waals surface area contributed by atoms with E-state index in [0.29, 0.717) is 6.07 Å². The van der Waals surface area contributed by atoms with Gasteiger partial charge >= 0.3 is 0 Å². The summed E-state index contributed by atoms with van der Waals surface area (Å²) >= 11 is 0. The lowest BCUT2D eigenvalue weighted by Crippen LogP contribution is -2.21. The molecule has 0 fully saturated rings. The number of hydrogen-bond donors (Lipinski definition) is 0. The van der Waals surface area contributed by atoms with Crippen LogP contribution in [0.5, 0.6) is 0 Å². The average molecular weight is 262 g/mol. The highest BCUT2D eigenvalue weighted by atomic mass is 32.2. The van der Waals surface area contributed by atoms with E-state index in [0.717, 1.165) is 12.1 Å². The molecule has 0 aliphatic heterocycles. The highest BCUT2D eigenvalue weighted by molar-refractivity contribution is 7.92. The molecule has 0 atom stereocenters. The van der Waals surface area contributed by atoms with Gasteiger partial charge in [-0.25, -0.2) is 17.2 Å². The molecule has 94 valence electrons. The Morgan fingerprint density at radius 3 is 2.35 bits per heavy atom. The molecule has 3 nitrogen and oxygen atoms in total. The van der Waals surface area contributed by atoms with Crippen LogP contribution < -0.4 is 0 Å². The molecule has 1 aromatic rings. The molecule has 0 N–H and O–H groups in total. The van der Waals surface area contributed by atoms with Crippen LogP contribution in [0.15, 0.2) is 23.1 Å². The van der Waals surface area contributed by atoms with Crippen molar-refractivity contribution in [3.05, 3.63) is 29.8 Å². The highest BCUT2D eigenvalue weighted by Crippen LogP contribution is 2.17. The van der Waals surface area contributed by atoms with Gasteiger partial charge in [-0.1, -0.05) is 13.8 Å². The van der Waals surface area contributed by atoms with Gasteiger partial charge < -0.3 is 0 Å². The van der Waals surface area contributed by atoms with Crippen molar-refractivity contribution in [2.45, 2.75) is 18.7 Å². The number of hydrogen-bond acceptors (Lipinski definition) is 3. The summed E-state index contributed by atoms with van der Waals surface area (Å²) in [6, 6.07) is 2.15.